The van der Waals surface area contributed by atoms with Crippen molar-refractivity contribution in [2.24, 2.45) is 0 Å². The van der Waals surface area contributed by atoms with E-state index in [1.807, 2.05) is 0 Å². The standard InChI is InChI=1S/C22H38O4Si2/c1-22(2,3)28(8,9)26-18-14-17(20(23)16-18)15-19(27(5,6)7)12-10-11-13-21(24)25-4/h11-14,18H,10,15-16H2,1-9H3/b13-11+,19-12-. The average molecular weight is 423 g/mol. The molecule has 0 spiro atoms. The smallest absolute Gasteiger partial charge is 0.330 e. The van der Waals surface area contributed by atoms with Crippen LogP contribution in [0.1, 0.15) is 40.0 Å². The molecule has 0 fully saturated rings. The number of hydrogen-bond acceptors (Lipinski definition) is 4. The molecule has 0 N–H and O–H groups in total. The van der Waals surface area contributed by atoms with Crippen LogP contribution in [0.25, 0.3) is 0 Å². The van der Waals surface area contributed by atoms with E-state index in [1.54, 1.807) is 6.08 Å². The Morgan fingerprint density at radius 1 is 1.21 bits per heavy atom. The average Bonchev–Trinajstić information content (AvgIpc) is 2.86. The van der Waals surface area contributed by atoms with Gasteiger partial charge in [0.1, 0.15) is 0 Å². The van der Waals surface area contributed by atoms with E-state index >= 15 is 0 Å². The van der Waals surface area contributed by atoms with Crippen LogP contribution in [-0.4, -0.2) is 41.4 Å². The van der Waals surface area contributed by atoms with Crippen LogP contribution in [0.15, 0.2) is 35.1 Å². The van der Waals surface area contributed by atoms with Gasteiger partial charge in [-0.3, -0.25) is 4.79 Å². The Labute approximate surface area is 173 Å². The molecule has 1 aliphatic rings. The maximum atomic E-state index is 12.6. The minimum Gasteiger partial charge on any atom is -0.466 e. The van der Waals surface area contributed by atoms with E-state index in [1.165, 1.54) is 18.4 Å². The predicted octanol–water partition coefficient (Wildman–Crippen LogP) is 5.59. The SMILES string of the molecule is COC(=O)/C=C/C/C=C(/CC1=CC(O[Si](C)(C)C(C)(C)C)CC1=O)[Si](C)(C)C. The van der Waals surface area contributed by atoms with Crippen LogP contribution >= 0.6 is 0 Å². The molecule has 28 heavy (non-hydrogen) atoms. The first-order chi connectivity index (χ1) is 12.7. The second kappa shape index (κ2) is 9.50. The molecule has 6 heteroatoms. The minimum atomic E-state index is -1.90. The highest BCUT2D eigenvalue weighted by molar-refractivity contribution is 6.83. The summed E-state index contributed by atoms with van der Waals surface area (Å²) in [6.07, 6.45) is 9.21. The van der Waals surface area contributed by atoms with Crippen LogP contribution < -0.4 is 0 Å². The molecule has 1 rings (SSSR count). The van der Waals surface area contributed by atoms with Gasteiger partial charge in [0.2, 0.25) is 0 Å². The van der Waals surface area contributed by atoms with E-state index in [-0.39, 0.29) is 22.9 Å². The maximum absolute atomic E-state index is 12.6. The van der Waals surface area contributed by atoms with Crippen molar-refractivity contribution in [2.75, 3.05) is 7.11 Å². The van der Waals surface area contributed by atoms with Gasteiger partial charge in [0, 0.05) is 12.5 Å². The van der Waals surface area contributed by atoms with Crippen molar-refractivity contribution in [3.63, 3.8) is 0 Å². The van der Waals surface area contributed by atoms with Gasteiger partial charge in [0.05, 0.1) is 21.3 Å². The number of ketones is 1. The number of carbonyl (C=O) groups excluding carboxylic acids is 2. The Hall–Kier alpha value is -1.25. The maximum Gasteiger partial charge on any atom is 0.330 e. The van der Waals surface area contributed by atoms with Crippen LogP contribution in [0.5, 0.6) is 0 Å². The van der Waals surface area contributed by atoms with Crippen molar-refractivity contribution in [3.8, 4) is 0 Å². The Kier molecular flexibility index (Phi) is 8.41. The topological polar surface area (TPSA) is 52.6 Å². The molecule has 1 aliphatic carbocycles. The number of methoxy groups -OCH3 is 1. The van der Waals surface area contributed by atoms with E-state index in [0.29, 0.717) is 19.3 Å². The lowest BCUT2D eigenvalue weighted by Gasteiger charge is -2.37. The molecular formula is C22H38O4Si2. The van der Waals surface area contributed by atoms with Gasteiger partial charge in [0.15, 0.2) is 14.1 Å². The number of Topliss-reactive ketones (excluding diaryl/α,β-unsaturated/α-hetero) is 1. The fourth-order valence-corrected chi connectivity index (χ4v) is 5.48. The fourth-order valence-electron chi connectivity index (χ4n) is 2.77. The summed E-state index contributed by atoms with van der Waals surface area (Å²) in [7, 11) is -2.11. The summed E-state index contributed by atoms with van der Waals surface area (Å²) in [5.74, 6) is -0.139. The van der Waals surface area contributed by atoms with E-state index in [0.717, 1.165) is 5.57 Å². The molecule has 0 saturated heterocycles. The zero-order chi connectivity index (χ0) is 21.8. The summed E-state index contributed by atoms with van der Waals surface area (Å²) in [4.78, 5) is 23.8. The molecule has 0 aromatic carbocycles. The zero-order valence-corrected chi connectivity index (χ0v) is 21.1. The van der Waals surface area contributed by atoms with Crippen LogP contribution in [0.3, 0.4) is 0 Å². The van der Waals surface area contributed by atoms with E-state index < -0.39 is 16.4 Å². The zero-order valence-electron chi connectivity index (χ0n) is 19.1. The van der Waals surface area contributed by atoms with Gasteiger partial charge in [0.25, 0.3) is 0 Å². The molecule has 4 nitrogen and oxygen atoms in total. The molecular weight excluding hydrogens is 384 g/mol. The second-order valence-corrected chi connectivity index (χ2v) is 20.0. The van der Waals surface area contributed by atoms with Gasteiger partial charge in [-0.1, -0.05) is 57.8 Å². The molecule has 1 atom stereocenters. The van der Waals surface area contributed by atoms with Crippen molar-refractivity contribution < 1.29 is 18.8 Å². The van der Waals surface area contributed by atoms with Crippen molar-refractivity contribution >= 4 is 28.1 Å². The first-order valence-electron chi connectivity index (χ1n) is 10.0. The number of hydrogen-bond donors (Lipinski definition) is 0. The summed E-state index contributed by atoms with van der Waals surface area (Å²) < 4.78 is 11.1. The summed E-state index contributed by atoms with van der Waals surface area (Å²) >= 11 is 0. The van der Waals surface area contributed by atoms with E-state index in [4.69, 9.17) is 4.43 Å². The number of allylic oxidation sites excluding steroid dienone is 4. The number of carbonyl (C=O) groups is 2. The normalized spacial score (nSPS) is 19.3. The number of esters is 1. The first kappa shape index (κ1) is 24.8. The van der Waals surface area contributed by atoms with Crippen LogP contribution in [-0.2, 0) is 18.8 Å². The van der Waals surface area contributed by atoms with Crippen molar-refractivity contribution in [2.45, 2.75) is 83.9 Å². The van der Waals surface area contributed by atoms with Crippen LogP contribution in [0.4, 0.5) is 0 Å². The predicted molar refractivity (Wildman–Crippen MR) is 122 cm³/mol. The molecule has 0 amide bonds. The van der Waals surface area contributed by atoms with E-state index in [9.17, 15) is 9.59 Å². The molecule has 0 aromatic heterocycles. The van der Waals surface area contributed by atoms with Gasteiger partial charge in [-0.05, 0) is 42.6 Å². The van der Waals surface area contributed by atoms with Gasteiger partial charge >= 0.3 is 5.97 Å². The second-order valence-electron chi connectivity index (χ2n) is 10.1. The van der Waals surface area contributed by atoms with Gasteiger partial charge < -0.3 is 9.16 Å². The molecule has 0 heterocycles. The molecule has 158 valence electrons. The van der Waals surface area contributed by atoms with Crippen LogP contribution in [0.2, 0.25) is 37.8 Å². The third kappa shape index (κ3) is 7.30. The third-order valence-electron chi connectivity index (χ3n) is 5.68. The molecule has 0 bridgehead atoms. The first-order valence-corrected chi connectivity index (χ1v) is 16.4. The van der Waals surface area contributed by atoms with Crippen molar-refractivity contribution in [3.05, 3.63) is 35.1 Å². The lowest BCUT2D eigenvalue weighted by Crippen LogP contribution is -2.43. The lowest BCUT2D eigenvalue weighted by molar-refractivity contribution is -0.134. The third-order valence-corrected chi connectivity index (χ3v) is 12.5. The minimum absolute atomic E-state index is 0.0921. The summed E-state index contributed by atoms with van der Waals surface area (Å²) in [5.41, 5.74) is 0.884. The summed E-state index contributed by atoms with van der Waals surface area (Å²) in [6, 6.07) is 0. The van der Waals surface area contributed by atoms with Crippen molar-refractivity contribution in [1.82, 2.24) is 0 Å². The highest BCUT2D eigenvalue weighted by Gasteiger charge is 2.40. The Morgan fingerprint density at radius 3 is 2.32 bits per heavy atom. The largest absolute Gasteiger partial charge is 0.466 e. The van der Waals surface area contributed by atoms with E-state index in [2.05, 4.69) is 70.4 Å². The van der Waals surface area contributed by atoms with Crippen LogP contribution in [0, 0.1) is 0 Å². The lowest BCUT2D eigenvalue weighted by atomic mass is 10.1. The Morgan fingerprint density at radius 2 is 1.82 bits per heavy atom. The summed E-state index contributed by atoms with van der Waals surface area (Å²) in [6.45, 7) is 18.0. The fraction of sp³-hybridized carbons (Fsp3) is 0.636. The Balaban J connectivity index is 2.92. The Bertz CT molecular complexity index is 674. The molecule has 0 radical (unpaired) electrons. The molecule has 0 aliphatic heterocycles. The highest BCUT2D eigenvalue weighted by Crippen LogP contribution is 2.39. The molecule has 0 saturated carbocycles. The number of ether oxygens (including phenoxy) is 1. The van der Waals surface area contributed by atoms with Gasteiger partial charge in [-0.15, -0.1) is 0 Å². The highest BCUT2D eigenvalue weighted by atomic mass is 28.4. The van der Waals surface area contributed by atoms with Crippen molar-refractivity contribution in [1.29, 1.82) is 0 Å². The molecule has 1 unspecified atom stereocenters. The quantitative estimate of drug-likeness (QED) is 0.291. The monoisotopic (exact) mass is 422 g/mol. The van der Waals surface area contributed by atoms with Gasteiger partial charge in [-0.2, -0.15) is 0 Å². The molecule has 0 aromatic rings. The number of rotatable bonds is 8. The van der Waals surface area contributed by atoms with Gasteiger partial charge in [-0.25, -0.2) is 4.79 Å². The summed E-state index contributed by atoms with van der Waals surface area (Å²) in [5, 5.41) is 1.46.